The van der Waals surface area contributed by atoms with Crippen molar-refractivity contribution in [2.45, 2.75) is 50.0 Å². The van der Waals surface area contributed by atoms with Crippen LogP contribution in [0.25, 0.3) is 0 Å². The molecule has 0 radical (unpaired) electrons. The van der Waals surface area contributed by atoms with E-state index in [1.807, 2.05) is 6.07 Å². The molecule has 1 aromatic carbocycles. The first-order valence-electron chi connectivity index (χ1n) is 10.6. The SMILES string of the molecule is CC(=O)N1c2ccc(S(=O)(=O)N3CCCCC3)cc2CC1C(=O)NCCc1ccco1. The predicted molar refractivity (Wildman–Crippen MR) is 115 cm³/mol. The number of piperidine rings is 1. The van der Waals surface area contributed by atoms with Crippen molar-refractivity contribution in [2.24, 2.45) is 0 Å². The molecular formula is C22H27N3O5S. The maximum Gasteiger partial charge on any atom is 0.243 e. The van der Waals surface area contributed by atoms with E-state index in [-0.39, 0.29) is 23.1 Å². The number of hydrogen-bond acceptors (Lipinski definition) is 5. The van der Waals surface area contributed by atoms with Crippen molar-refractivity contribution in [1.82, 2.24) is 9.62 Å². The summed E-state index contributed by atoms with van der Waals surface area (Å²) in [6.07, 6.45) is 5.19. The number of furan rings is 1. The monoisotopic (exact) mass is 445 g/mol. The minimum atomic E-state index is -3.58. The van der Waals surface area contributed by atoms with Crippen LogP contribution in [-0.4, -0.2) is 50.2 Å². The van der Waals surface area contributed by atoms with E-state index in [1.165, 1.54) is 22.2 Å². The van der Waals surface area contributed by atoms with Crippen LogP contribution in [0.1, 0.15) is 37.5 Å². The summed E-state index contributed by atoms with van der Waals surface area (Å²) in [6.45, 7) is 2.86. The Labute approximate surface area is 182 Å². The lowest BCUT2D eigenvalue weighted by atomic mass is 10.1. The molecule has 1 unspecified atom stereocenters. The molecule has 2 aliphatic heterocycles. The average molecular weight is 446 g/mol. The lowest BCUT2D eigenvalue weighted by Crippen LogP contribution is -2.47. The van der Waals surface area contributed by atoms with Crippen molar-refractivity contribution in [1.29, 1.82) is 0 Å². The van der Waals surface area contributed by atoms with Gasteiger partial charge in [-0.15, -0.1) is 0 Å². The van der Waals surface area contributed by atoms with Crippen molar-refractivity contribution >= 4 is 27.5 Å². The second-order valence-corrected chi connectivity index (χ2v) is 9.92. The number of sulfonamides is 1. The third kappa shape index (κ3) is 4.38. The normalized spacial score (nSPS) is 19.3. The van der Waals surface area contributed by atoms with Crippen molar-refractivity contribution in [2.75, 3.05) is 24.5 Å². The van der Waals surface area contributed by atoms with Gasteiger partial charge in [0.25, 0.3) is 0 Å². The summed E-state index contributed by atoms with van der Waals surface area (Å²) in [4.78, 5) is 26.8. The Bertz CT molecular complexity index is 1060. The van der Waals surface area contributed by atoms with Gasteiger partial charge in [0.15, 0.2) is 0 Å². The molecule has 4 rings (SSSR count). The van der Waals surface area contributed by atoms with E-state index in [1.54, 1.807) is 24.5 Å². The van der Waals surface area contributed by atoms with Gasteiger partial charge in [0.2, 0.25) is 21.8 Å². The van der Waals surface area contributed by atoms with Gasteiger partial charge in [-0.05, 0) is 48.7 Å². The van der Waals surface area contributed by atoms with E-state index >= 15 is 0 Å². The number of carbonyl (C=O) groups is 2. The van der Waals surface area contributed by atoms with Crippen LogP contribution in [0.15, 0.2) is 45.9 Å². The Morgan fingerprint density at radius 1 is 1.16 bits per heavy atom. The van der Waals surface area contributed by atoms with Crippen LogP contribution in [-0.2, 0) is 32.5 Å². The number of anilines is 1. The lowest BCUT2D eigenvalue weighted by Gasteiger charge is -2.26. The van der Waals surface area contributed by atoms with Gasteiger partial charge in [-0.25, -0.2) is 8.42 Å². The molecule has 1 saturated heterocycles. The van der Waals surface area contributed by atoms with Crippen LogP contribution >= 0.6 is 0 Å². The Kier molecular flexibility index (Phi) is 6.15. The van der Waals surface area contributed by atoms with Crippen molar-refractivity contribution in [3.63, 3.8) is 0 Å². The largest absolute Gasteiger partial charge is 0.469 e. The minimum absolute atomic E-state index is 0.218. The summed E-state index contributed by atoms with van der Waals surface area (Å²) in [7, 11) is -3.58. The molecule has 166 valence electrons. The number of benzene rings is 1. The molecule has 9 heteroatoms. The van der Waals surface area contributed by atoms with Gasteiger partial charge in [-0.1, -0.05) is 6.42 Å². The molecule has 0 saturated carbocycles. The molecule has 1 fully saturated rings. The Morgan fingerprint density at radius 2 is 1.94 bits per heavy atom. The van der Waals surface area contributed by atoms with Crippen LogP contribution in [0, 0.1) is 0 Å². The zero-order valence-corrected chi connectivity index (χ0v) is 18.4. The van der Waals surface area contributed by atoms with Crippen LogP contribution in [0.3, 0.4) is 0 Å². The highest BCUT2D eigenvalue weighted by Crippen LogP contribution is 2.35. The number of rotatable bonds is 6. The minimum Gasteiger partial charge on any atom is -0.469 e. The third-order valence-corrected chi connectivity index (χ3v) is 7.78. The Hall–Kier alpha value is -2.65. The smallest absolute Gasteiger partial charge is 0.243 e. The fourth-order valence-corrected chi connectivity index (χ4v) is 5.89. The van der Waals surface area contributed by atoms with Gasteiger partial charge in [-0.2, -0.15) is 4.31 Å². The first kappa shape index (κ1) is 21.6. The quantitative estimate of drug-likeness (QED) is 0.734. The highest BCUT2D eigenvalue weighted by molar-refractivity contribution is 7.89. The summed E-state index contributed by atoms with van der Waals surface area (Å²) < 4.78 is 32.8. The first-order valence-corrected chi connectivity index (χ1v) is 12.0. The van der Waals surface area contributed by atoms with Crippen LogP contribution in [0.4, 0.5) is 5.69 Å². The topological polar surface area (TPSA) is 99.9 Å². The van der Waals surface area contributed by atoms with E-state index in [2.05, 4.69) is 5.32 Å². The fourth-order valence-electron chi connectivity index (χ4n) is 4.32. The second kappa shape index (κ2) is 8.84. The number of hydrogen-bond donors (Lipinski definition) is 1. The lowest BCUT2D eigenvalue weighted by molar-refractivity contribution is -0.125. The summed E-state index contributed by atoms with van der Waals surface area (Å²) in [5.41, 5.74) is 1.29. The van der Waals surface area contributed by atoms with Crippen LogP contribution in [0.2, 0.25) is 0 Å². The van der Waals surface area contributed by atoms with Gasteiger partial charge < -0.3 is 9.73 Å². The highest BCUT2D eigenvalue weighted by atomic mass is 32.2. The van der Waals surface area contributed by atoms with Crippen LogP contribution < -0.4 is 10.2 Å². The molecule has 2 aliphatic rings. The van der Waals surface area contributed by atoms with Crippen LogP contribution in [0.5, 0.6) is 0 Å². The fraction of sp³-hybridized carbons (Fsp3) is 0.455. The number of amides is 2. The van der Waals surface area contributed by atoms with E-state index in [9.17, 15) is 18.0 Å². The summed E-state index contributed by atoms with van der Waals surface area (Å²) in [5.74, 6) is 0.251. The van der Waals surface area contributed by atoms with Gasteiger partial charge >= 0.3 is 0 Å². The van der Waals surface area contributed by atoms with Gasteiger partial charge in [0.05, 0.1) is 11.2 Å². The molecule has 1 atom stereocenters. The first-order chi connectivity index (χ1) is 14.9. The summed E-state index contributed by atoms with van der Waals surface area (Å²) in [5, 5.41) is 2.86. The molecule has 3 heterocycles. The van der Waals surface area contributed by atoms with Gasteiger partial charge in [0.1, 0.15) is 11.8 Å². The molecule has 0 aliphatic carbocycles. The Balaban J connectivity index is 1.51. The summed E-state index contributed by atoms with van der Waals surface area (Å²) >= 11 is 0. The van der Waals surface area contributed by atoms with Crippen molar-refractivity contribution in [3.05, 3.63) is 47.9 Å². The molecule has 8 nitrogen and oxygen atoms in total. The Morgan fingerprint density at radius 3 is 2.61 bits per heavy atom. The molecule has 31 heavy (non-hydrogen) atoms. The number of nitrogens with one attached hydrogen (secondary N) is 1. The second-order valence-electron chi connectivity index (χ2n) is 7.98. The summed E-state index contributed by atoms with van der Waals surface area (Å²) in [6, 6.07) is 7.73. The average Bonchev–Trinajstić information content (AvgIpc) is 3.41. The standard InChI is InChI=1S/C22H27N3O5S/c1-16(26)25-20-8-7-19(31(28,29)24-11-3-2-4-12-24)14-17(20)15-21(25)22(27)23-10-9-18-6-5-13-30-18/h5-8,13-14,21H,2-4,9-12,15H2,1H3,(H,23,27). The molecule has 0 bridgehead atoms. The number of nitrogens with zero attached hydrogens (tertiary/aromatic N) is 2. The molecule has 1 N–H and O–H groups in total. The van der Waals surface area contributed by atoms with E-state index in [4.69, 9.17) is 4.42 Å². The maximum absolute atomic E-state index is 13.0. The molecule has 2 amide bonds. The van der Waals surface area contributed by atoms with Gasteiger partial charge in [0, 0.05) is 45.1 Å². The molecule has 0 spiro atoms. The van der Waals surface area contributed by atoms with E-state index in [0.717, 1.165) is 25.0 Å². The predicted octanol–water partition coefficient (Wildman–Crippen LogP) is 2.09. The zero-order valence-electron chi connectivity index (χ0n) is 17.5. The molecule has 1 aromatic heterocycles. The van der Waals surface area contributed by atoms with Crippen molar-refractivity contribution in [3.8, 4) is 0 Å². The molecule has 2 aromatic rings. The highest BCUT2D eigenvalue weighted by Gasteiger charge is 2.38. The maximum atomic E-state index is 13.0. The molecular weight excluding hydrogens is 418 g/mol. The van der Waals surface area contributed by atoms with E-state index in [0.29, 0.717) is 37.3 Å². The number of carbonyl (C=O) groups excluding carboxylic acids is 2. The third-order valence-electron chi connectivity index (χ3n) is 5.88. The van der Waals surface area contributed by atoms with Crippen molar-refractivity contribution < 1.29 is 22.4 Å². The van der Waals surface area contributed by atoms with E-state index < -0.39 is 16.1 Å². The number of fused-ring (bicyclic) bond motifs is 1. The van der Waals surface area contributed by atoms with Gasteiger partial charge in [-0.3, -0.25) is 14.5 Å². The zero-order chi connectivity index (χ0) is 22.0.